The summed E-state index contributed by atoms with van der Waals surface area (Å²) in [7, 11) is 2.03. The second-order valence-corrected chi connectivity index (χ2v) is 4.42. The molecule has 0 aliphatic carbocycles. The summed E-state index contributed by atoms with van der Waals surface area (Å²) in [6.45, 7) is 5.71. The second kappa shape index (κ2) is 6.01. The molecule has 0 atom stereocenters. The van der Waals surface area contributed by atoms with Crippen LogP contribution in [-0.4, -0.2) is 36.1 Å². The van der Waals surface area contributed by atoms with Crippen LogP contribution in [0.25, 0.3) is 0 Å². The van der Waals surface area contributed by atoms with Gasteiger partial charge in [-0.1, -0.05) is 11.6 Å². The largest absolute Gasteiger partial charge is 0.366 e. The average Bonchev–Trinajstić information content (AvgIpc) is 2.20. The van der Waals surface area contributed by atoms with Gasteiger partial charge >= 0.3 is 0 Å². The van der Waals surface area contributed by atoms with Crippen molar-refractivity contribution in [1.82, 2.24) is 9.88 Å². The predicted molar refractivity (Wildman–Crippen MR) is 65.5 cm³/mol. The van der Waals surface area contributed by atoms with Gasteiger partial charge in [-0.25, -0.2) is 9.37 Å². The number of hydrogen-bond donors (Lipinski definition) is 1. The molecule has 0 unspecified atom stereocenters. The van der Waals surface area contributed by atoms with E-state index in [0.29, 0.717) is 17.6 Å². The predicted octanol–water partition coefficient (Wildman–Crippen LogP) is 2.63. The Morgan fingerprint density at radius 1 is 1.56 bits per heavy atom. The maximum atomic E-state index is 13.3. The first-order valence-corrected chi connectivity index (χ1v) is 5.63. The minimum absolute atomic E-state index is 0.251. The molecular weight excluding hydrogens is 229 g/mol. The van der Waals surface area contributed by atoms with Crippen LogP contribution in [0, 0.1) is 5.82 Å². The molecule has 0 amide bonds. The summed E-state index contributed by atoms with van der Waals surface area (Å²) in [6.07, 6.45) is 1.43. The van der Waals surface area contributed by atoms with E-state index in [1.807, 2.05) is 7.05 Å². The summed E-state index contributed by atoms with van der Waals surface area (Å²) in [5.74, 6) is -0.166. The molecule has 1 rings (SSSR count). The van der Waals surface area contributed by atoms with Crippen LogP contribution in [0.3, 0.4) is 0 Å². The molecular formula is C11H17ClFN3. The summed E-state index contributed by atoms with van der Waals surface area (Å²) < 4.78 is 13.3. The van der Waals surface area contributed by atoms with Crippen LogP contribution in [0.1, 0.15) is 13.8 Å². The highest BCUT2D eigenvalue weighted by molar-refractivity contribution is 6.30. The van der Waals surface area contributed by atoms with Crippen molar-refractivity contribution in [1.29, 1.82) is 0 Å². The molecule has 0 bridgehead atoms. The fraction of sp³-hybridized carbons (Fsp3) is 0.545. The molecule has 3 nitrogen and oxygen atoms in total. The van der Waals surface area contributed by atoms with Crippen LogP contribution < -0.4 is 5.32 Å². The standard InChI is InChI=1S/C11H17ClFN3/c1-8(2)16(3)5-4-14-11-10(13)6-9(12)7-15-11/h6-8H,4-5H2,1-3H3,(H,14,15). The second-order valence-electron chi connectivity index (χ2n) is 3.99. The molecule has 1 aromatic heterocycles. The minimum atomic E-state index is -0.417. The van der Waals surface area contributed by atoms with Crippen molar-refractivity contribution in [2.24, 2.45) is 0 Å². The molecule has 0 aliphatic rings. The first kappa shape index (κ1) is 13.2. The number of aromatic nitrogens is 1. The van der Waals surface area contributed by atoms with Crippen molar-refractivity contribution in [2.45, 2.75) is 19.9 Å². The van der Waals surface area contributed by atoms with Crippen molar-refractivity contribution < 1.29 is 4.39 Å². The smallest absolute Gasteiger partial charge is 0.166 e. The fourth-order valence-electron chi connectivity index (χ4n) is 1.15. The Morgan fingerprint density at radius 2 is 2.25 bits per heavy atom. The number of likely N-dealkylation sites (N-methyl/N-ethyl adjacent to an activating group) is 1. The van der Waals surface area contributed by atoms with Crippen molar-refractivity contribution in [3.05, 3.63) is 23.1 Å². The zero-order valence-corrected chi connectivity index (χ0v) is 10.6. The van der Waals surface area contributed by atoms with Crippen molar-refractivity contribution in [3.8, 4) is 0 Å². The Bertz CT molecular complexity index is 344. The lowest BCUT2D eigenvalue weighted by molar-refractivity contribution is 0.284. The van der Waals surface area contributed by atoms with E-state index in [4.69, 9.17) is 11.6 Å². The topological polar surface area (TPSA) is 28.2 Å². The number of nitrogens with one attached hydrogen (secondary N) is 1. The third kappa shape index (κ3) is 3.94. The average molecular weight is 246 g/mol. The van der Waals surface area contributed by atoms with E-state index in [1.54, 1.807) is 0 Å². The Hall–Kier alpha value is -0.870. The Kier molecular flexibility index (Phi) is 4.96. The SMILES string of the molecule is CC(C)N(C)CCNc1ncc(Cl)cc1F. The molecule has 0 saturated carbocycles. The molecule has 1 N–H and O–H groups in total. The van der Waals surface area contributed by atoms with E-state index < -0.39 is 5.82 Å². The zero-order valence-electron chi connectivity index (χ0n) is 9.80. The van der Waals surface area contributed by atoms with Crippen LogP contribution in [0.5, 0.6) is 0 Å². The highest BCUT2D eigenvalue weighted by Gasteiger charge is 2.05. The number of rotatable bonds is 5. The van der Waals surface area contributed by atoms with E-state index in [-0.39, 0.29) is 5.82 Å². The highest BCUT2D eigenvalue weighted by atomic mass is 35.5. The Labute approximate surface area is 101 Å². The third-order valence-electron chi connectivity index (χ3n) is 2.45. The van der Waals surface area contributed by atoms with Crippen LogP contribution in [0.4, 0.5) is 10.2 Å². The van der Waals surface area contributed by atoms with Crippen molar-refractivity contribution in [2.75, 3.05) is 25.5 Å². The minimum Gasteiger partial charge on any atom is -0.366 e. The molecule has 0 radical (unpaired) electrons. The van der Waals surface area contributed by atoms with E-state index in [9.17, 15) is 4.39 Å². The van der Waals surface area contributed by atoms with Gasteiger partial charge in [-0.05, 0) is 27.0 Å². The first-order chi connectivity index (χ1) is 7.50. The van der Waals surface area contributed by atoms with Gasteiger partial charge < -0.3 is 10.2 Å². The molecule has 0 fully saturated rings. The van der Waals surface area contributed by atoms with E-state index in [2.05, 4.69) is 29.0 Å². The Balaban J connectivity index is 2.43. The lowest BCUT2D eigenvalue weighted by atomic mass is 10.3. The Morgan fingerprint density at radius 3 is 2.81 bits per heavy atom. The maximum Gasteiger partial charge on any atom is 0.166 e. The van der Waals surface area contributed by atoms with Gasteiger partial charge in [-0.15, -0.1) is 0 Å². The number of anilines is 1. The lowest BCUT2D eigenvalue weighted by Crippen LogP contribution is -2.31. The molecule has 5 heteroatoms. The normalized spacial score (nSPS) is 11.2. The summed E-state index contributed by atoms with van der Waals surface area (Å²) in [5, 5.41) is 3.25. The van der Waals surface area contributed by atoms with E-state index in [1.165, 1.54) is 12.3 Å². The molecule has 1 aromatic rings. The van der Waals surface area contributed by atoms with Crippen LogP contribution >= 0.6 is 11.6 Å². The van der Waals surface area contributed by atoms with Gasteiger partial charge in [-0.2, -0.15) is 0 Å². The van der Waals surface area contributed by atoms with Gasteiger partial charge in [0, 0.05) is 25.3 Å². The molecule has 0 saturated heterocycles. The lowest BCUT2D eigenvalue weighted by Gasteiger charge is -2.21. The number of halogens is 2. The molecule has 1 heterocycles. The molecule has 0 aromatic carbocycles. The number of hydrogen-bond acceptors (Lipinski definition) is 3. The van der Waals surface area contributed by atoms with Gasteiger partial charge in [0.2, 0.25) is 0 Å². The fourth-order valence-corrected chi connectivity index (χ4v) is 1.30. The molecule has 0 spiro atoms. The maximum absolute atomic E-state index is 13.3. The third-order valence-corrected chi connectivity index (χ3v) is 2.65. The number of pyridine rings is 1. The molecule has 16 heavy (non-hydrogen) atoms. The summed E-state index contributed by atoms with van der Waals surface area (Å²) in [5.41, 5.74) is 0. The van der Waals surface area contributed by atoms with Gasteiger partial charge in [0.1, 0.15) is 0 Å². The van der Waals surface area contributed by atoms with Crippen molar-refractivity contribution >= 4 is 17.4 Å². The molecule has 90 valence electrons. The van der Waals surface area contributed by atoms with Crippen LogP contribution in [0.2, 0.25) is 5.02 Å². The van der Waals surface area contributed by atoms with E-state index in [0.717, 1.165) is 6.54 Å². The highest BCUT2D eigenvalue weighted by Crippen LogP contribution is 2.14. The van der Waals surface area contributed by atoms with Crippen LogP contribution in [0.15, 0.2) is 12.3 Å². The number of nitrogens with zero attached hydrogens (tertiary/aromatic N) is 2. The van der Waals surface area contributed by atoms with Crippen LogP contribution in [-0.2, 0) is 0 Å². The zero-order chi connectivity index (χ0) is 12.1. The van der Waals surface area contributed by atoms with Gasteiger partial charge in [-0.3, -0.25) is 0 Å². The molecule has 0 aliphatic heterocycles. The quantitative estimate of drug-likeness (QED) is 0.865. The summed E-state index contributed by atoms with van der Waals surface area (Å²) >= 11 is 5.60. The van der Waals surface area contributed by atoms with Gasteiger partial charge in [0.05, 0.1) is 5.02 Å². The summed E-state index contributed by atoms with van der Waals surface area (Å²) in [4.78, 5) is 6.05. The van der Waals surface area contributed by atoms with Crippen molar-refractivity contribution in [3.63, 3.8) is 0 Å². The summed E-state index contributed by atoms with van der Waals surface area (Å²) in [6, 6.07) is 1.73. The monoisotopic (exact) mass is 245 g/mol. The van der Waals surface area contributed by atoms with Gasteiger partial charge in [0.15, 0.2) is 11.6 Å². The first-order valence-electron chi connectivity index (χ1n) is 5.26. The van der Waals surface area contributed by atoms with Gasteiger partial charge in [0.25, 0.3) is 0 Å². The van der Waals surface area contributed by atoms with E-state index >= 15 is 0 Å².